The van der Waals surface area contributed by atoms with Crippen LogP contribution < -0.4 is 9.47 Å². The molecule has 0 N–H and O–H groups in total. The lowest BCUT2D eigenvalue weighted by atomic mass is 10.00. The Morgan fingerprint density at radius 1 is 1.21 bits per heavy atom. The van der Waals surface area contributed by atoms with Gasteiger partial charge in [0.05, 0.1) is 40.7 Å². The second-order valence-corrected chi connectivity index (χ2v) is 9.79. The van der Waals surface area contributed by atoms with Gasteiger partial charge in [-0.05, 0) is 59.5 Å². The zero-order valence-electron chi connectivity index (χ0n) is 21.0. The molecule has 4 aromatic heterocycles. The molecular weight excluding hydrogens is 523 g/mol. The Morgan fingerprint density at radius 3 is 2.74 bits per heavy atom. The van der Waals surface area contributed by atoms with Gasteiger partial charge in [0.15, 0.2) is 12.0 Å². The maximum atomic E-state index is 15.6. The molecule has 1 saturated carbocycles. The monoisotopic (exact) mass is 546 g/mol. The van der Waals surface area contributed by atoms with Gasteiger partial charge < -0.3 is 9.94 Å². The lowest BCUT2D eigenvalue weighted by molar-refractivity contribution is -0.615. The van der Waals surface area contributed by atoms with Gasteiger partial charge in [-0.25, -0.2) is 4.39 Å². The first kappa shape index (κ1) is 24.9. The highest BCUT2D eigenvalue weighted by molar-refractivity contribution is 6.31. The van der Waals surface area contributed by atoms with Crippen LogP contribution in [0.5, 0.6) is 5.75 Å². The lowest BCUT2D eigenvalue weighted by Gasteiger charge is -2.20. The van der Waals surface area contributed by atoms with Crippen molar-refractivity contribution >= 4 is 11.6 Å². The van der Waals surface area contributed by atoms with E-state index in [1.807, 2.05) is 29.9 Å². The first-order valence-electron chi connectivity index (χ1n) is 12.6. The van der Waals surface area contributed by atoms with Crippen molar-refractivity contribution in [3.05, 3.63) is 89.4 Å². The molecule has 1 aromatic carbocycles. The molecule has 1 atom stereocenters. The third-order valence-corrected chi connectivity index (χ3v) is 7.10. The number of nitrogens with zero attached hydrogens (tertiary/aromatic N) is 8. The molecule has 1 fully saturated rings. The molecule has 10 nitrogen and oxygen atoms in total. The standard InChI is InChI=1S/C27H24ClFN8O2/c1-2-39-25-12-24(23(11-17-3-4-17)35-14-19(13-32-35)18-7-9-30-10-8-18)37(38)15-20(25)26-22(36-16-31-33-34-36)6-5-21(28)27(26)29/h5-10,12-17,23H,2-4,11H2,1H3. The zero-order valence-corrected chi connectivity index (χ0v) is 21.7. The van der Waals surface area contributed by atoms with E-state index in [9.17, 15) is 5.21 Å². The first-order valence-corrected chi connectivity index (χ1v) is 13.0. The van der Waals surface area contributed by atoms with Crippen molar-refractivity contribution in [2.45, 2.75) is 32.2 Å². The summed E-state index contributed by atoms with van der Waals surface area (Å²) in [6, 6.07) is 8.17. The molecule has 198 valence electrons. The van der Waals surface area contributed by atoms with Crippen molar-refractivity contribution in [2.75, 3.05) is 6.61 Å². The van der Waals surface area contributed by atoms with Gasteiger partial charge in [-0.1, -0.05) is 24.4 Å². The van der Waals surface area contributed by atoms with Crippen LogP contribution in [-0.2, 0) is 0 Å². The number of hydrogen-bond donors (Lipinski definition) is 0. The average Bonchev–Trinajstić information content (AvgIpc) is 3.37. The largest absolute Gasteiger partial charge is 0.618 e. The predicted molar refractivity (Wildman–Crippen MR) is 141 cm³/mol. The minimum atomic E-state index is -0.707. The number of rotatable bonds is 9. The molecule has 0 amide bonds. The number of tetrazole rings is 1. The van der Waals surface area contributed by atoms with Crippen LogP contribution >= 0.6 is 11.6 Å². The fourth-order valence-corrected chi connectivity index (χ4v) is 4.89. The summed E-state index contributed by atoms with van der Waals surface area (Å²) in [5.74, 6) is 0.134. The van der Waals surface area contributed by atoms with Gasteiger partial charge in [-0.3, -0.25) is 9.67 Å². The van der Waals surface area contributed by atoms with Gasteiger partial charge in [0.1, 0.15) is 18.1 Å². The van der Waals surface area contributed by atoms with Gasteiger partial charge in [0, 0.05) is 24.2 Å². The topological polar surface area (TPSA) is 110 Å². The Bertz CT molecular complexity index is 1610. The van der Waals surface area contributed by atoms with Crippen LogP contribution in [0, 0.1) is 16.9 Å². The molecular formula is C27H24ClFN8O2. The van der Waals surface area contributed by atoms with E-state index < -0.39 is 5.82 Å². The number of ether oxygens (including phenoxy) is 1. The summed E-state index contributed by atoms with van der Waals surface area (Å²) in [6.07, 6.45) is 12.8. The van der Waals surface area contributed by atoms with Crippen LogP contribution in [0.3, 0.4) is 0 Å². The van der Waals surface area contributed by atoms with E-state index in [0.717, 1.165) is 35.1 Å². The third-order valence-electron chi connectivity index (χ3n) is 6.81. The van der Waals surface area contributed by atoms with Crippen LogP contribution in [0.25, 0.3) is 27.9 Å². The predicted octanol–water partition coefficient (Wildman–Crippen LogP) is 4.80. The van der Waals surface area contributed by atoms with E-state index in [2.05, 4.69) is 25.6 Å². The van der Waals surface area contributed by atoms with Crippen LogP contribution in [0.2, 0.25) is 5.02 Å². The molecule has 1 aliphatic rings. The van der Waals surface area contributed by atoms with Crippen molar-refractivity contribution in [3.63, 3.8) is 0 Å². The van der Waals surface area contributed by atoms with Crippen LogP contribution in [-0.4, -0.2) is 41.6 Å². The molecule has 0 radical (unpaired) electrons. The Kier molecular flexibility index (Phi) is 6.65. The number of pyridine rings is 2. The molecule has 4 heterocycles. The van der Waals surface area contributed by atoms with Crippen molar-refractivity contribution in [1.29, 1.82) is 0 Å². The Labute approximate surface area is 228 Å². The van der Waals surface area contributed by atoms with Crippen LogP contribution in [0.4, 0.5) is 4.39 Å². The molecule has 0 bridgehead atoms. The number of aromatic nitrogens is 8. The second kappa shape index (κ2) is 10.4. The van der Waals surface area contributed by atoms with E-state index >= 15 is 4.39 Å². The van der Waals surface area contributed by atoms with Gasteiger partial charge in [-0.2, -0.15) is 14.5 Å². The molecule has 12 heteroatoms. The van der Waals surface area contributed by atoms with Gasteiger partial charge in [0.25, 0.3) is 0 Å². The van der Waals surface area contributed by atoms with Crippen molar-refractivity contribution < 1.29 is 13.9 Å². The Hall–Kier alpha value is -4.38. The highest BCUT2D eigenvalue weighted by Crippen LogP contribution is 2.42. The van der Waals surface area contributed by atoms with E-state index in [-0.39, 0.29) is 22.2 Å². The summed E-state index contributed by atoms with van der Waals surface area (Å²) in [5, 5.41) is 29.4. The molecule has 5 aromatic rings. The molecule has 0 aliphatic heterocycles. The lowest BCUT2D eigenvalue weighted by Crippen LogP contribution is -2.36. The molecule has 6 rings (SSSR count). The fraction of sp³-hybridized carbons (Fsp3) is 0.259. The highest BCUT2D eigenvalue weighted by Gasteiger charge is 2.34. The second-order valence-electron chi connectivity index (χ2n) is 9.38. The zero-order chi connectivity index (χ0) is 26.9. The maximum absolute atomic E-state index is 15.6. The van der Waals surface area contributed by atoms with E-state index in [4.69, 9.17) is 16.3 Å². The first-order chi connectivity index (χ1) is 19.0. The molecule has 1 unspecified atom stereocenters. The highest BCUT2D eigenvalue weighted by atomic mass is 35.5. The summed E-state index contributed by atoms with van der Waals surface area (Å²) < 4.78 is 25.4. The summed E-state index contributed by atoms with van der Waals surface area (Å²) in [6.45, 7) is 2.13. The Balaban J connectivity index is 1.48. The summed E-state index contributed by atoms with van der Waals surface area (Å²) in [7, 11) is 0. The number of hydrogen-bond acceptors (Lipinski definition) is 7. The molecule has 0 spiro atoms. The minimum Gasteiger partial charge on any atom is -0.618 e. The Morgan fingerprint density at radius 2 is 2.03 bits per heavy atom. The summed E-state index contributed by atoms with van der Waals surface area (Å²) in [5.41, 5.74) is 2.97. The maximum Gasteiger partial charge on any atom is 0.221 e. The number of benzene rings is 1. The van der Waals surface area contributed by atoms with Crippen molar-refractivity contribution in [3.8, 4) is 33.7 Å². The smallest absolute Gasteiger partial charge is 0.221 e. The third kappa shape index (κ3) is 4.92. The normalized spacial score (nSPS) is 13.9. The van der Waals surface area contributed by atoms with Gasteiger partial charge >= 0.3 is 0 Å². The van der Waals surface area contributed by atoms with E-state index in [1.165, 1.54) is 23.3 Å². The van der Waals surface area contributed by atoms with Gasteiger partial charge in [-0.15, -0.1) is 5.10 Å². The summed E-state index contributed by atoms with van der Waals surface area (Å²) >= 11 is 6.17. The minimum absolute atomic E-state index is 0.0622. The fourth-order valence-electron chi connectivity index (χ4n) is 4.73. The van der Waals surface area contributed by atoms with Crippen molar-refractivity contribution in [2.24, 2.45) is 5.92 Å². The van der Waals surface area contributed by atoms with Gasteiger partial charge in [0.2, 0.25) is 5.69 Å². The molecule has 1 aliphatic carbocycles. The number of halogens is 2. The van der Waals surface area contributed by atoms with Crippen LogP contribution in [0.15, 0.2) is 67.6 Å². The van der Waals surface area contributed by atoms with Crippen molar-refractivity contribution in [1.82, 2.24) is 35.0 Å². The quantitative estimate of drug-likeness (QED) is 0.193. The molecule has 0 saturated heterocycles. The van der Waals surface area contributed by atoms with E-state index in [0.29, 0.717) is 29.7 Å². The average molecular weight is 547 g/mol. The summed E-state index contributed by atoms with van der Waals surface area (Å²) in [4.78, 5) is 4.08. The molecule has 39 heavy (non-hydrogen) atoms. The van der Waals surface area contributed by atoms with E-state index in [1.54, 1.807) is 30.7 Å². The SMILES string of the molecule is CCOc1cc(C(CC2CC2)n2cc(-c3ccncc3)cn2)[n+]([O-])cc1-c1c(-n2cnnn2)ccc(Cl)c1F. The van der Waals surface area contributed by atoms with Crippen LogP contribution in [0.1, 0.15) is 37.9 Å².